The molecule has 1 fully saturated rings. The van der Waals surface area contributed by atoms with Crippen molar-refractivity contribution >= 4 is 40.1 Å². The summed E-state index contributed by atoms with van der Waals surface area (Å²) >= 11 is 0. The lowest BCUT2D eigenvalue weighted by Gasteiger charge is -2.17. The van der Waals surface area contributed by atoms with E-state index in [1.54, 1.807) is 24.1 Å². The highest BCUT2D eigenvalue weighted by Gasteiger charge is 2.26. The zero-order valence-corrected chi connectivity index (χ0v) is 25.8. The highest BCUT2D eigenvalue weighted by atomic mass is 16.5. The third-order valence-corrected chi connectivity index (χ3v) is 7.71. The Balaban J connectivity index is 1.09. The molecule has 14 nitrogen and oxygen atoms in total. The number of aryl methyl sites for hydroxylation is 3. The molecule has 1 aliphatic heterocycles. The third kappa shape index (κ3) is 7.02. The zero-order chi connectivity index (χ0) is 31.3. The fraction of sp³-hybridized carbons (Fsp3) is 0.355. The van der Waals surface area contributed by atoms with Crippen LogP contribution in [0.2, 0.25) is 0 Å². The Kier molecular flexibility index (Phi) is 8.84. The van der Waals surface area contributed by atoms with Crippen molar-refractivity contribution in [2.45, 2.75) is 26.4 Å². The predicted octanol–water partition coefficient (Wildman–Crippen LogP) is 3.66. The van der Waals surface area contributed by atoms with Crippen LogP contribution in [-0.2, 0) is 16.6 Å². The van der Waals surface area contributed by atoms with Gasteiger partial charge in [0.25, 0.3) is 0 Å². The number of carbonyl (C=O) groups is 1. The second kappa shape index (κ2) is 13.3. The fourth-order valence-corrected chi connectivity index (χ4v) is 5.35. The van der Waals surface area contributed by atoms with Gasteiger partial charge in [0.1, 0.15) is 18.2 Å². The summed E-state index contributed by atoms with van der Waals surface area (Å²) in [5.74, 6) is 2.22. The van der Waals surface area contributed by atoms with E-state index in [2.05, 4.69) is 45.9 Å². The molecule has 1 amide bonds. The smallest absolute Gasteiger partial charge is 0.238 e. The summed E-state index contributed by atoms with van der Waals surface area (Å²) in [5, 5.41) is 14.9. The third-order valence-electron chi connectivity index (χ3n) is 7.71. The van der Waals surface area contributed by atoms with Crippen LogP contribution in [0.15, 0.2) is 49.1 Å². The lowest BCUT2D eigenvalue weighted by Crippen LogP contribution is -2.33. The maximum atomic E-state index is 13.1. The normalized spacial score (nSPS) is 15.0. The first-order chi connectivity index (χ1) is 21.9. The number of carbonyl (C=O) groups excluding carboxylic acids is 1. The lowest BCUT2D eigenvalue weighted by molar-refractivity contribution is -0.117. The highest BCUT2D eigenvalue weighted by molar-refractivity contribution is 6.06. The number of para-hydroxylation sites is 1. The van der Waals surface area contributed by atoms with Crippen LogP contribution in [-0.4, -0.2) is 91.5 Å². The van der Waals surface area contributed by atoms with Gasteiger partial charge in [0.05, 0.1) is 30.0 Å². The van der Waals surface area contributed by atoms with Gasteiger partial charge < -0.3 is 30.4 Å². The van der Waals surface area contributed by atoms with E-state index in [0.717, 1.165) is 46.4 Å². The number of methoxy groups -OCH3 is 1. The van der Waals surface area contributed by atoms with Crippen molar-refractivity contribution in [1.82, 2.24) is 39.6 Å². The van der Waals surface area contributed by atoms with Crippen LogP contribution in [0.3, 0.4) is 0 Å². The summed E-state index contributed by atoms with van der Waals surface area (Å²) < 4.78 is 13.0. The Labute approximate surface area is 260 Å². The van der Waals surface area contributed by atoms with Crippen molar-refractivity contribution in [3.8, 4) is 17.1 Å². The predicted molar refractivity (Wildman–Crippen MR) is 172 cm³/mol. The number of anilines is 4. The van der Waals surface area contributed by atoms with Crippen LogP contribution in [0.1, 0.15) is 17.7 Å². The Morgan fingerprint density at radius 2 is 2.04 bits per heavy atom. The summed E-state index contributed by atoms with van der Waals surface area (Å²) in [6.07, 6.45) is 5.92. The number of aromatic amines is 1. The first kappa shape index (κ1) is 30.0. The monoisotopic (exact) mass is 611 g/mol. The van der Waals surface area contributed by atoms with Gasteiger partial charge in [-0.3, -0.25) is 14.4 Å². The summed E-state index contributed by atoms with van der Waals surface area (Å²) in [5.41, 5.74) is 5.20. The molecular formula is C31H37N11O3. The molecule has 0 spiro atoms. The number of ether oxygens (including phenoxy) is 2. The molecule has 1 saturated heterocycles. The maximum Gasteiger partial charge on any atom is 0.238 e. The molecule has 5 heterocycles. The molecule has 4 aromatic heterocycles. The number of H-pyrrole nitrogens is 1. The molecule has 1 atom stereocenters. The van der Waals surface area contributed by atoms with Crippen molar-refractivity contribution in [2.24, 2.45) is 7.05 Å². The van der Waals surface area contributed by atoms with Gasteiger partial charge >= 0.3 is 0 Å². The van der Waals surface area contributed by atoms with E-state index >= 15 is 0 Å². The zero-order valence-electron chi connectivity index (χ0n) is 25.8. The molecule has 1 aliphatic rings. The average molecular weight is 612 g/mol. The Bertz CT molecular complexity index is 1780. The lowest BCUT2D eigenvalue weighted by atomic mass is 10.1. The highest BCUT2D eigenvalue weighted by Crippen LogP contribution is 2.33. The molecule has 45 heavy (non-hydrogen) atoms. The van der Waals surface area contributed by atoms with Crippen molar-refractivity contribution < 1.29 is 14.3 Å². The quantitative estimate of drug-likeness (QED) is 0.153. The number of benzene rings is 1. The van der Waals surface area contributed by atoms with Gasteiger partial charge in [0.2, 0.25) is 17.7 Å². The van der Waals surface area contributed by atoms with Crippen LogP contribution < -0.4 is 20.7 Å². The van der Waals surface area contributed by atoms with E-state index in [1.165, 1.54) is 6.33 Å². The van der Waals surface area contributed by atoms with Crippen molar-refractivity contribution in [3.05, 3.63) is 60.3 Å². The van der Waals surface area contributed by atoms with Gasteiger partial charge in [0.15, 0.2) is 5.82 Å². The van der Waals surface area contributed by atoms with Crippen LogP contribution >= 0.6 is 0 Å². The minimum atomic E-state index is -0.0960. The second-order valence-electron chi connectivity index (χ2n) is 11.0. The van der Waals surface area contributed by atoms with Gasteiger partial charge in [0, 0.05) is 75.0 Å². The van der Waals surface area contributed by atoms with Gasteiger partial charge in [-0.15, -0.1) is 0 Å². The molecule has 14 heteroatoms. The Morgan fingerprint density at radius 1 is 1.16 bits per heavy atom. The number of rotatable bonds is 12. The van der Waals surface area contributed by atoms with Crippen molar-refractivity contribution in [2.75, 3.05) is 55.8 Å². The second-order valence-corrected chi connectivity index (χ2v) is 11.0. The number of fused-ring (bicyclic) bond motifs is 1. The van der Waals surface area contributed by atoms with E-state index in [4.69, 9.17) is 14.5 Å². The standard InChI is InChI=1S/C31H37N11O3/c1-19-14-34-31(38-26-12-20(2)41(3)40-26)39-29(19)23-15-33-30-22(23)6-5-7-24(30)37-27(43)17-42-10-8-21(16-42)45-28-13-25(35-18-36-28)32-9-11-44-4/h5-7,12-15,18,21,33H,8-11,16-17H2,1-4H3,(H,37,43)(H,32,35,36)(H,34,38,39,40)/t21-/m0/s1. The molecule has 0 aliphatic carbocycles. The number of hydrogen-bond donors (Lipinski definition) is 4. The number of nitrogens with one attached hydrogen (secondary N) is 4. The van der Waals surface area contributed by atoms with E-state index in [0.29, 0.717) is 48.8 Å². The molecule has 5 aromatic rings. The number of aromatic nitrogens is 7. The molecule has 0 radical (unpaired) electrons. The molecule has 4 N–H and O–H groups in total. The Hall–Kier alpha value is -5.08. The molecule has 0 unspecified atom stereocenters. The average Bonchev–Trinajstić information content (AvgIpc) is 3.73. The van der Waals surface area contributed by atoms with Gasteiger partial charge in [-0.1, -0.05) is 12.1 Å². The van der Waals surface area contributed by atoms with Crippen molar-refractivity contribution in [3.63, 3.8) is 0 Å². The van der Waals surface area contributed by atoms with E-state index < -0.39 is 0 Å². The van der Waals surface area contributed by atoms with E-state index in [-0.39, 0.29) is 18.6 Å². The first-order valence-electron chi connectivity index (χ1n) is 14.8. The minimum Gasteiger partial charge on any atom is -0.473 e. The summed E-state index contributed by atoms with van der Waals surface area (Å²) in [6, 6.07) is 9.56. The molecule has 1 aromatic carbocycles. The molecular weight excluding hydrogens is 574 g/mol. The number of likely N-dealkylation sites (tertiary alicyclic amines) is 1. The fourth-order valence-electron chi connectivity index (χ4n) is 5.35. The topological polar surface area (TPSA) is 160 Å². The number of nitrogens with zero attached hydrogens (tertiary/aromatic N) is 7. The number of amides is 1. The minimum absolute atomic E-state index is 0.0638. The summed E-state index contributed by atoms with van der Waals surface area (Å²) in [7, 11) is 3.54. The molecule has 0 saturated carbocycles. The van der Waals surface area contributed by atoms with Gasteiger partial charge in [-0.25, -0.2) is 19.9 Å². The first-order valence-corrected chi connectivity index (χ1v) is 14.8. The maximum absolute atomic E-state index is 13.1. The Morgan fingerprint density at radius 3 is 2.87 bits per heavy atom. The number of hydrogen-bond acceptors (Lipinski definition) is 11. The van der Waals surface area contributed by atoms with Crippen LogP contribution in [0, 0.1) is 13.8 Å². The summed E-state index contributed by atoms with van der Waals surface area (Å²) in [4.78, 5) is 36.3. The largest absolute Gasteiger partial charge is 0.473 e. The molecule has 6 rings (SSSR count). The SMILES string of the molecule is COCCNc1cc(O[C@H]2CCN(CC(=O)Nc3cccc4c(-c5nc(Nc6cc(C)n(C)n6)ncc5C)c[nH]c34)C2)ncn1. The molecule has 0 bridgehead atoms. The van der Waals surface area contributed by atoms with Crippen LogP contribution in [0.25, 0.3) is 22.2 Å². The van der Waals surface area contributed by atoms with E-state index in [9.17, 15) is 4.79 Å². The van der Waals surface area contributed by atoms with Gasteiger partial charge in [-0.05, 0) is 31.9 Å². The summed E-state index contributed by atoms with van der Waals surface area (Å²) in [6.45, 7) is 6.81. The van der Waals surface area contributed by atoms with E-state index in [1.807, 2.05) is 51.4 Å². The van der Waals surface area contributed by atoms with Gasteiger partial charge in [-0.2, -0.15) is 5.10 Å². The van der Waals surface area contributed by atoms with Crippen LogP contribution in [0.5, 0.6) is 5.88 Å². The van der Waals surface area contributed by atoms with Crippen LogP contribution in [0.4, 0.5) is 23.3 Å². The van der Waals surface area contributed by atoms with Crippen molar-refractivity contribution in [1.29, 1.82) is 0 Å². The molecule has 234 valence electrons.